The zero-order valence-electron chi connectivity index (χ0n) is 11.5. The predicted octanol–water partition coefficient (Wildman–Crippen LogP) is 1.52. The van der Waals surface area contributed by atoms with Crippen molar-refractivity contribution >= 4 is 0 Å². The fourth-order valence-corrected chi connectivity index (χ4v) is 2.39. The van der Waals surface area contributed by atoms with E-state index < -0.39 is 0 Å². The number of aliphatic hydroxyl groups excluding tert-OH is 2. The zero-order valence-corrected chi connectivity index (χ0v) is 11.5. The first-order valence-electron chi connectivity index (χ1n) is 6.97. The molecule has 1 saturated heterocycles. The van der Waals surface area contributed by atoms with Crippen LogP contribution >= 0.6 is 0 Å². The molecular formula is C16H20FNO2. The highest BCUT2D eigenvalue weighted by Gasteiger charge is 2.18. The molecule has 1 aliphatic heterocycles. The number of benzene rings is 1. The third kappa shape index (κ3) is 4.31. The molecule has 0 saturated carbocycles. The number of hydrogen-bond donors (Lipinski definition) is 2. The zero-order chi connectivity index (χ0) is 14.4. The molecule has 1 heterocycles. The summed E-state index contributed by atoms with van der Waals surface area (Å²) in [6.45, 7) is 2.05. The van der Waals surface area contributed by atoms with Crippen molar-refractivity contribution < 1.29 is 14.6 Å². The van der Waals surface area contributed by atoms with Crippen LogP contribution in [-0.4, -0.2) is 40.9 Å². The number of β-amino-alcohol motifs (C(OH)–C–C–N with tert-alkyl or cyclic N) is 1. The van der Waals surface area contributed by atoms with E-state index in [1.807, 2.05) is 0 Å². The van der Waals surface area contributed by atoms with Gasteiger partial charge in [-0.15, -0.1) is 0 Å². The molecule has 108 valence electrons. The molecule has 1 aromatic carbocycles. The smallest absolute Gasteiger partial charge is 0.128 e. The number of rotatable bonds is 3. The van der Waals surface area contributed by atoms with Crippen LogP contribution in [0.25, 0.3) is 0 Å². The monoisotopic (exact) mass is 277 g/mol. The largest absolute Gasteiger partial charge is 0.395 e. The highest BCUT2D eigenvalue weighted by molar-refractivity contribution is 5.37. The molecule has 0 spiro atoms. The minimum Gasteiger partial charge on any atom is -0.395 e. The summed E-state index contributed by atoms with van der Waals surface area (Å²) in [5.74, 6) is 5.33. The van der Waals surface area contributed by atoms with Crippen molar-refractivity contribution in [3.63, 3.8) is 0 Å². The average Bonchev–Trinajstić information content (AvgIpc) is 2.42. The third-order valence-corrected chi connectivity index (χ3v) is 3.40. The summed E-state index contributed by atoms with van der Waals surface area (Å²) < 4.78 is 14.0. The van der Waals surface area contributed by atoms with Crippen LogP contribution in [0.3, 0.4) is 0 Å². The molecule has 20 heavy (non-hydrogen) atoms. The Hall–Kier alpha value is -1.41. The first-order valence-corrected chi connectivity index (χ1v) is 6.97. The maximum absolute atomic E-state index is 14.0. The Morgan fingerprint density at radius 1 is 1.40 bits per heavy atom. The molecule has 0 aliphatic carbocycles. The summed E-state index contributed by atoms with van der Waals surface area (Å²) in [6, 6.07) is 4.97. The van der Waals surface area contributed by atoms with Gasteiger partial charge in [0, 0.05) is 30.6 Å². The Kier molecular flexibility index (Phi) is 5.54. The van der Waals surface area contributed by atoms with Gasteiger partial charge in [-0.05, 0) is 31.5 Å². The summed E-state index contributed by atoms with van der Waals surface area (Å²) in [7, 11) is 0. The lowest BCUT2D eigenvalue weighted by Crippen LogP contribution is -2.37. The van der Waals surface area contributed by atoms with Crippen molar-refractivity contribution in [2.75, 3.05) is 19.7 Å². The van der Waals surface area contributed by atoms with Crippen LogP contribution < -0.4 is 0 Å². The van der Waals surface area contributed by atoms with E-state index in [9.17, 15) is 9.50 Å². The molecule has 0 amide bonds. The van der Waals surface area contributed by atoms with E-state index in [-0.39, 0.29) is 18.5 Å². The van der Waals surface area contributed by atoms with Gasteiger partial charge in [-0.3, -0.25) is 4.90 Å². The number of hydrogen-bond acceptors (Lipinski definition) is 3. The molecule has 3 nitrogen and oxygen atoms in total. The van der Waals surface area contributed by atoms with Gasteiger partial charge in [0.05, 0.1) is 12.7 Å². The molecule has 0 bridgehead atoms. The molecule has 2 rings (SSSR count). The van der Waals surface area contributed by atoms with Crippen LogP contribution in [0.15, 0.2) is 18.2 Å². The summed E-state index contributed by atoms with van der Waals surface area (Å²) in [5, 5.41) is 18.3. The fraction of sp³-hybridized carbons (Fsp3) is 0.500. The first-order chi connectivity index (χ1) is 9.69. The maximum Gasteiger partial charge on any atom is 0.128 e. The number of aliphatic hydroxyl groups is 2. The van der Waals surface area contributed by atoms with Gasteiger partial charge in [-0.1, -0.05) is 17.9 Å². The Labute approximate surface area is 119 Å². The summed E-state index contributed by atoms with van der Waals surface area (Å²) in [4.78, 5) is 2.07. The van der Waals surface area contributed by atoms with Crippen molar-refractivity contribution in [1.29, 1.82) is 0 Å². The second-order valence-electron chi connectivity index (χ2n) is 5.11. The second kappa shape index (κ2) is 7.39. The van der Waals surface area contributed by atoms with E-state index in [1.165, 1.54) is 6.07 Å². The Balaban J connectivity index is 2.01. The van der Waals surface area contributed by atoms with Crippen LogP contribution in [-0.2, 0) is 6.54 Å². The fourth-order valence-electron chi connectivity index (χ4n) is 2.39. The summed E-state index contributed by atoms with van der Waals surface area (Å²) in [5.41, 5.74) is 1.25. The van der Waals surface area contributed by atoms with Crippen molar-refractivity contribution in [1.82, 2.24) is 4.90 Å². The van der Waals surface area contributed by atoms with Gasteiger partial charge < -0.3 is 10.2 Å². The van der Waals surface area contributed by atoms with Crippen LogP contribution in [0.5, 0.6) is 0 Å². The topological polar surface area (TPSA) is 43.7 Å². The molecule has 0 aromatic heterocycles. The highest BCUT2D eigenvalue weighted by atomic mass is 19.1. The van der Waals surface area contributed by atoms with E-state index in [4.69, 9.17) is 5.11 Å². The number of likely N-dealkylation sites (tertiary alicyclic amines) is 1. The Morgan fingerprint density at radius 3 is 2.95 bits per heavy atom. The number of nitrogens with zero attached hydrogens (tertiary/aromatic N) is 1. The minimum atomic E-state index is -0.296. The Morgan fingerprint density at radius 2 is 2.25 bits per heavy atom. The normalized spacial score (nSPS) is 19.4. The maximum atomic E-state index is 14.0. The van der Waals surface area contributed by atoms with E-state index in [1.54, 1.807) is 12.1 Å². The molecule has 4 heteroatoms. The quantitative estimate of drug-likeness (QED) is 0.823. The van der Waals surface area contributed by atoms with Crippen LogP contribution in [0.4, 0.5) is 4.39 Å². The van der Waals surface area contributed by atoms with E-state index in [0.29, 0.717) is 30.6 Å². The standard InChI is InChI=1S/C16H20FNO2/c17-16-10-13(4-1-2-9-19)6-7-14(16)11-18-8-3-5-15(20)12-18/h6-7,10,15,19-20H,2-3,5,8-9,11-12H2. The van der Waals surface area contributed by atoms with Gasteiger partial charge in [0.2, 0.25) is 0 Å². The molecule has 0 radical (unpaired) electrons. The van der Waals surface area contributed by atoms with Crippen LogP contribution in [0.1, 0.15) is 30.4 Å². The van der Waals surface area contributed by atoms with Crippen LogP contribution in [0.2, 0.25) is 0 Å². The van der Waals surface area contributed by atoms with E-state index >= 15 is 0 Å². The van der Waals surface area contributed by atoms with E-state index in [2.05, 4.69) is 16.7 Å². The van der Waals surface area contributed by atoms with Crippen molar-refractivity contribution in [3.8, 4) is 11.8 Å². The second-order valence-corrected chi connectivity index (χ2v) is 5.11. The molecule has 1 aliphatic rings. The molecule has 1 aromatic rings. The van der Waals surface area contributed by atoms with Crippen molar-refractivity contribution in [2.24, 2.45) is 0 Å². The molecular weight excluding hydrogens is 257 g/mol. The van der Waals surface area contributed by atoms with Crippen LogP contribution in [0, 0.1) is 17.7 Å². The number of piperidine rings is 1. The van der Waals surface area contributed by atoms with Crippen molar-refractivity contribution in [3.05, 3.63) is 35.1 Å². The molecule has 1 unspecified atom stereocenters. The first kappa shape index (κ1) is 15.0. The van der Waals surface area contributed by atoms with E-state index in [0.717, 1.165) is 19.4 Å². The van der Waals surface area contributed by atoms with Gasteiger partial charge in [-0.2, -0.15) is 0 Å². The summed E-state index contributed by atoms with van der Waals surface area (Å²) in [6.07, 6.45) is 1.89. The SMILES string of the molecule is OCCC#Cc1ccc(CN2CCCC(O)C2)c(F)c1. The molecule has 1 atom stereocenters. The summed E-state index contributed by atoms with van der Waals surface area (Å²) >= 11 is 0. The third-order valence-electron chi connectivity index (χ3n) is 3.40. The molecule has 2 N–H and O–H groups in total. The lowest BCUT2D eigenvalue weighted by Gasteiger charge is -2.30. The van der Waals surface area contributed by atoms with Gasteiger partial charge in [0.15, 0.2) is 0 Å². The predicted molar refractivity (Wildman–Crippen MR) is 75.5 cm³/mol. The van der Waals surface area contributed by atoms with Gasteiger partial charge in [-0.25, -0.2) is 4.39 Å². The molecule has 1 fully saturated rings. The lowest BCUT2D eigenvalue weighted by molar-refractivity contribution is 0.0663. The highest BCUT2D eigenvalue weighted by Crippen LogP contribution is 2.16. The minimum absolute atomic E-state index is 0.0187. The van der Waals surface area contributed by atoms with Gasteiger partial charge in [0.25, 0.3) is 0 Å². The lowest BCUT2D eigenvalue weighted by atomic mass is 10.1. The van der Waals surface area contributed by atoms with Gasteiger partial charge >= 0.3 is 0 Å². The van der Waals surface area contributed by atoms with Gasteiger partial charge in [0.1, 0.15) is 5.82 Å². The van der Waals surface area contributed by atoms with Crippen molar-refractivity contribution in [2.45, 2.75) is 31.9 Å². The Bertz CT molecular complexity index is 507. The average molecular weight is 277 g/mol. The number of halogens is 1.